The second-order valence-corrected chi connectivity index (χ2v) is 15.8. The number of fused-ring (bicyclic) bond motifs is 4. The van der Waals surface area contributed by atoms with Gasteiger partial charge in [-0.2, -0.15) is 0 Å². The van der Waals surface area contributed by atoms with Gasteiger partial charge in [0.25, 0.3) is 0 Å². The first kappa shape index (κ1) is 34.7. The number of rotatable bonds is 7. The lowest BCUT2D eigenvalue weighted by Crippen LogP contribution is -2.01. The molecule has 0 bridgehead atoms. The van der Waals surface area contributed by atoms with E-state index in [0.29, 0.717) is 17.5 Å². The van der Waals surface area contributed by atoms with Crippen LogP contribution in [0.25, 0.3) is 110 Å². The zero-order chi connectivity index (χ0) is 39.1. The number of aromatic nitrogens is 3. The fourth-order valence-corrected chi connectivity index (χ4v) is 9.45. The summed E-state index contributed by atoms with van der Waals surface area (Å²) in [4.78, 5) is 15.4. The number of thiophene rings is 1. The van der Waals surface area contributed by atoms with Gasteiger partial charge in [0.1, 0.15) is 0 Å². The van der Waals surface area contributed by atoms with Gasteiger partial charge in [0.05, 0.1) is 0 Å². The van der Waals surface area contributed by atoms with Crippen molar-refractivity contribution in [2.24, 2.45) is 0 Å². The van der Waals surface area contributed by atoms with Gasteiger partial charge in [-0.1, -0.05) is 194 Å². The molecule has 9 aromatic carbocycles. The van der Waals surface area contributed by atoms with Crippen molar-refractivity contribution in [3.05, 3.63) is 212 Å². The van der Waals surface area contributed by atoms with Gasteiger partial charge in [-0.3, -0.25) is 0 Å². The van der Waals surface area contributed by atoms with Gasteiger partial charge in [0, 0.05) is 42.4 Å². The summed E-state index contributed by atoms with van der Waals surface area (Å²) >= 11 is 1.87. The molecule has 11 rings (SSSR count). The maximum Gasteiger partial charge on any atom is 0.164 e. The Hall–Kier alpha value is -7.53. The zero-order valence-corrected chi connectivity index (χ0v) is 32.8. The van der Waals surface area contributed by atoms with Crippen molar-refractivity contribution >= 4 is 42.3 Å². The molecule has 0 amide bonds. The van der Waals surface area contributed by atoms with Crippen LogP contribution >= 0.6 is 11.3 Å². The van der Waals surface area contributed by atoms with E-state index in [9.17, 15) is 0 Å². The van der Waals surface area contributed by atoms with Gasteiger partial charge in [0.2, 0.25) is 0 Å². The average Bonchev–Trinajstić information content (AvgIpc) is 3.71. The maximum absolute atomic E-state index is 5.17. The molecule has 0 spiro atoms. The van der Waals surface area contributed by atoms with Gasteiger partial charge in [-0.25, -0.2) is 15.0 Å². The maximum atomic E-state index is 5.17. The highest BCUT2D eigenvalue weighted by Crippen LogP contribution is 2.43. The van der Waals surface area contributed by atoms with Crippen molar-refractivity contribution < 1.29 is 0 Å². The SMILES string of the molecule is c1ccc(-c2ccc(-c3nc(-c4ccc(-c5cc(-c6cccc7c6sc6ccccc67)c6ccccc6c5)cc4)nc(-c4ccccc4-c4ccccc4)n3)cc2)cc1. The predicted molar refractivity (Wildman–Crippen MR) is 248 cm³/mol. The fourth-order valence-electron chi connectivity index (χ4n) is 8.22. The molecule has 0 unspecified atom stereocenters. The molecular weight excluding hydrogens is 735 g/mol. The standard InChI is InChI=1S/C55H35N3S/c1-3-14-36(15-4-1)37-26-30-40(31-27-37)53-56-54(58-55(57-53)49-22-10-9-19-44(49)39-16-5-2-6-17-39)41-32-28-38(29-33-41)43-34-42-18-7-8-20-45(42)50(35-43)48-24-13-23-47-46-21-11-12-25-51(46)59-52(47)48/h1-35H. The quantitative estimate of drug-likeness (QED) is 0.162. The number of benzene rings is 9. The molecular formula is C55H35N3S. The molecule has 0 aliphatic heterocycles. The molecule has 276 valence electrons. The van der Waals surface area contributed by atoms with Crippen molar-refractivity contribution in [2.75, 3.05) is 0 Å². The van der Waals surface area contributed by atoms with Crippen LogP contribution in [0.2, 0.25) is 0 Å². The molecule has 0 atom stereocenters. The summed E-state index contributed by atoms with van der Waals surface area (Å²) in [7, 11) is 0. The van der Waals surface area contributed by atoms with E-state index in [2.05, 4.69) is 194 Å². The molecule has 0 saturated carbocycles. The lowest BCUT2D eigenvalue weighted by molar-refractivity contribution is 1.07. The van der Waals surface area contributed by atoms with Crippen molar-refractivity contribution in [1.82, 2.24) is 15.0 Å². The van der Waals surface area contributed by atoms with Crippen molar-refractivity contribution in [1.29, 1.82) is 0 Å². The third kappa shape index (κ3) is 6.46. The topological polar surface area (TPSA) is 38.7 Å². The van der Waals surface area contributed by atoms with Crippen LogP contribution < -0.4 is 0 Å². The van der Waals surface area contributed by atoms with E-state index < -0.39 is 0 Å². The van der Waals surface area contributed by atoms with Crippen LogP contribution in [0.4, 0.5) is 0 Å². The molecule has 0 aliphatic rings. The van der Waals surface area contributed by atoms with Crippen molar-refractivity contribution in [3.8, 4) is 78.7 Å². The third-order valence-corrected chi connectivity index (χ3v) is 12.4. The Balaban J connectivity index is 1.02. The molecule has 2 heterocycles. The van der Waals surface area contributed by atoms with Crippen LogP contribution in [-0.4, -0.2) is 15.0 Å². The first-order valence-electron chi connectivity index (χ1n) is 19.8. The molecule has 0 fully saturated rings. The molecule has 0 radical (unpaired) electrons. The third-order valence-electron chi connectivity index (χ3n) is 11.2. The van der Waals surface area contributed by atoms with Crippen LogP contribution in [0.5, 0.6) is 0 Å². The van der Waals surface area contributed by atoms with E-state index in [-0.39, 0.29) is 0 Å². The summed E-state index contributed by atoms with van der Waals surface area (Å²) in [5.41, 5.74) is 12.1. The molecule has 0 aliphatic carbocycles. The largest absolute Gasteiger partial charge is 0.208 e. The summed E-state index contributed by atoms with van der Waals surface area (Å²) in [6.45, 7) is 0. The van der Waals surface area contributed by atoms with Gasteiger partial charge >= 0.3 is 0 Å². The zero-order valence-electron chi connectivity index (χ0n) is 32.0. The van der Waals surface area contributed by atoms with Gasteiger partial charge < -0.3 is 0 Å². The van der Waals surface area contributed by atoms with Crippen molar-refractivity contribution in [2.45, 2.75) is 0 Å². The van der Waals surface area contributed by atoms with E-state index in [0.717, 1.165) is 44.5 Å². The molecule has 59 heavy (non-hydrogen) atoms. The number of hydrogen-bond acceptors (Lipinski definition) is 4. The smallest absolute Gasteiger partial charge is 0.164 e. The lowest BCUT2D eigenvalue weighted by atomic mass is 9.92. The minimum Gasteiger partial charge on any atom is -0.208 e. The van der Waals surface area contributed by atoms with Crippen LogP contribution in [0.15, 0.2) is 212 Å². The lowest BCUT2D eigenvalue weighted by Gasteiger charge is -2.13. The van der Waals surface area contributed by atoms with Crippen molar-refractivity contribution in [3.63, 3.8) is 0 Å². The van der Waals surface area contributed by atoms with Crippen LogP contribution in [0.3, 0.4) is 0 Å². The molecule has 2 aromatic heterocycles. The summed E-state index contributed by atoms with van der Waals surface area (Å²) in [6, 6.07) is 75.2. The summed E-state index contributed by atoms with van der Waals surface area (Å²) in [5.74, 6) is 1.89. The number of hydrogen-bond donors (Lipinski definition) is 0. The monoisotopic (exact) mass is 769 g/mol. The van der Waals surface area contributed by atoms with E-state index in [4.69, 9.17) is 15.0 Å². The summed E-state index contributed by atoms with van der Waals surface area (Å²) in [5, 5.41) is 5.07. The highest BCUT2D eigenvalue weighted by atomic mass is 32.1. The Morgan fingerprint density at radius 2 is 0.763 bits per heavy atom. The summed E-state index contributed by atoms with van der Waals surface area (Å²) in [6.07, 6.45) is 0. The van der Waals surface area contributed by atoms with Crippen LogP contribution in [0, 0.1) is 0 Å². The Bertz CT molecular complexity index is 3300. The Morgan fingerprint density at radius 3 is 1.47 bits per heavy atom. The fraction of sp³-hybridized carbons (Fsp3) is 0. The van der Waals surface area contributed by atoms with Crippen LogP contribution in [0.1, 0.15) is 0 Å². The van der Waals surface area contributed by atoms with E-state index in [1.807, 2.05) is 29.5 Å². The van der Waals surface area contributed by atoms with Gasteiger partial charge in [0.15, 0.2) is 17.5 Å². The second-order valence-electron chi connectivity index (χ2n) is 14.8. The Morgan fingerprint density at radius 1 is 0.271 bits per heavy atom. The Labute approximate surface area is 346 Å². The number of nitrogens with zero attached hydrogens (tertiary/aromatic N) is 3. The van der Waals surface area contributed by atoms with Gasteiger partial charge in [-0.15, -0.1) is 11.3 Å². The molecule has 0 saturated heterocycles. The molecule has 0 N–H and O–H groups in total. The average molecular weight is 770 g/mol. The summed E-state index contributed by atoms with van der Waals surface area (Å²) < 4.78 is 2.62. The first-order valence-corrected chi connectivity index (χ1v) is 20.7. The molecule has 11 aromatic rings. The normalized spacial score (nSPS) is 11.4. The highest BCUT2D eigenvalue weighted by Gasteiger charge is 2.17. The molecule has 4 heteroatoms. The van der Waals surface area contributed by atoms with E-state index in [1.54, 1.807) is 0 Å². The molecule has 3 nitrogen and oxygen atoms in total. The Kier molecular flexibility index (Phi) is 8.68. The van der Waals surface area contributed by atoms with Gasteiger partial charge in [-0.05, 0) is 67.9 Å². The van der Waals surface area contributed by atoms with E-state index >= 15 is 0 Å². The predicted octanol–water partition coefficient (Wildman–Crippen LogP) is 15.1. The van der Waals surface area contributed by atoms with Crippen LogP contribution in [-0.2, 0) is 0 Å². The first-order chi connectivity index (χ1) is 29.2. The second kappa shape index (κ2) is 14.8. The minimum absolute atomic E-state index is 0.627. The van der Waals surface area contributed by atoms with E-state index in [1.165, 1.54) is 47.6 Å². The highest BCUT2D eigenvalue weighted by molar-refractivity contribution is 7.26. The minimum atomic E-state index is 0.627.